The monoisotopic (exact) mass is 356 g/mol. The van der Waals surface area contributed by atoms with E-state index in [0.29, 0.717) is 6.04 Å². The summed E-state index contributed by atoms with van der Waals surface area (Å²) in [5.74, 6) is -0.205. The third-order valence-electron chi connectivity index (χ3n) is 3.98. The van der Waals surface area contributed by atoms with Gasteiger partial charge in [-0.05, 0) is 32.9 Å². The number of halogens is 2. The third kappa shape index (κ3) is 7.13. The van der Waals surface area contributed by atoms with Gasteiger partial charge in [-0.2, -0.15) is 0 Å². The summed E-state index contributed by atoms with van der Waals surface area (Å²) in [6.45, 7) is 5.34. The molecular weight excluding hydrogens is 327 g/mol. The first-order valence-electron chi connectivity index (χ1n) is 7.30. The summed E-state index contributed by atoms with van der Waals surface area (Å²) in [6.07, 6.45) is 1.97. The molecule has 0 radical (unpaired) electrons. The average Bonchev–Trinajstić information content (AvgIpc) is 2.43. The van der Waals surface area contributed by atoms with Crippen LogP contribution in [0.3, 0.4) is 0 Å². The Morgan fingerprint density at radius 1 is 1.23 bits per heavy atom. The Morgan fingerprint density at radius 2 is 1.73 bits per heavy atom. The predicted molar refractivity (Wildman–Crippen MR) is 93.6 cm³/mol. The number of nitrogens with two attached hydrogens (primary N) is 1. The minimum atomic E-state index is -0.553. The number of nitrogens with zero attached hydrogens (tertiary/aromatic N) is 2. The molecule has 0 aromatic carbocycles. The Hall–Kier alpha value is -0.560. The van der Waals surface area contributed by atoms with Gasteiger partial charge in [0.2, 0.25) is 11.8 Å². The summed E-state index contributed by atoms with van der Waals surface area (Å²) in [6, 6.07) is -0.00900. The molecule has 1 saturated heterocycles. The van der Waals surface area contributed by atoms with E-state index in [-0.39, 0.29) is 49.1 Å². The first-order chi connectivity index (χ1) is 9.32. The van der Waals surface area contributed by atoms with Crippen molar-refractivity contribution in [3.8, 4) is 0 Å². The lowest BCUT2D eigenvalue weighted by Crippen LogP contribution is -2.50. The van der Waals surface area contributed by atoms with E-state index in [4.69, 9.17) is 5.73 Å². The van der Waals surface area contributed by atoms with E-state index in [2.05, 4.69) is 24.3 Å². The highest BCUT2D eigenvalue weighted by Crippen LogP contribution is 2.13. The molecular formula is C14H30Cl2N4O2. The summed E-state index contributed by atoms with van der Waals surface area (Å²) < 4.78 is 0. The normalized spacial score (nSPS) is 16.8. The molecule has 1 aliphatic heterocycles. The highest BCUT2D eigenvalue weighted by atomic mass is 35.5. The minimum Gasteiger partial charge on any atom is -0.346 e. The Morgan fingerprint density at radius 3 is 2.14 bits per heavy atom. The van der Waals surface area contributed by atoms with E-state index in [1.807, 2.05) is 18.7 Å². The van der Waals surface area contributed by atoms with Crippen LogP contribution in [0.1, 0.15) is 26.7 Å². The molecule has 8 heteroatoms. The molecule has 1 heterocycles. The van der Waals surface area contributed by atoms with Crippen LogP contribution in [0.5, 0.6) is 0 Å². The molecule has 0 saturated carbocycles. The summed E-state index contributed by atoms with van der Waals surface area (Å²) in [7, 11) is 4.13. The molecule has 0 bridgehead atoms. The zero-order chi connectivity index (χ0) is 15.3. The molecule has 0 aromatic heterocycles. The number of hydrogen-bond donors (Lipinski definition) is 2. The van der Waals surface area contributed by atoms with Crippen LogP contribution in [0.25, 0.3) is 0 Å². The van der Waals surface area contributed by atoms with E-state index in [0.717, 1.165) is 25.9 Å². The molecule has 0 unspecified atom stereocenters. The molecule has 0 spiro atoms. The molecule has 1 rings (SSSR count). The van der Waals surface area contributed by atoms with Gasteiger partial charge in [-0.3, -0.25) is 9.59 Å². The van der Waals surface area contributed by atoms with E-state index in [9.17, 15) is 9.59 Å². The molecule has 22 heavy (non-hydrogen) atoms. The van der Waals surface area contributed by atoms with Gasteiger partial charge in [0.05, 0.1) is 12.6 Å². The third-order valence-corrected chi connectivity index (χ3v) is 3.98. The number of carbonyl (C=O) groups excluding carboxylic acids is 2. The second kappa shape index (κ2) is 11.0. The first-order valence-corrected chi connectivity index (χ1v) is 7.30. The first kappa shape index (κ1) is 23.7. The lowest BCUT2D eigenvalue weighted by molar-refractivity contribution is -0.134. The molecule has 2 amide bonds. The Bertz CT molecular complexity index is 346. The minimum absolute atomic E-state index is 0. The average molecular weight is 357 g/mol. The highest BCUT2D eigenvalue weighted by molar-refractivity contribution is 5.87. The summed E-state index contributed by atoms with van der Waals surface area (Å²) >= 11 is 0. The maximum absolute atomic E-state index is 12.0. The summed E-state index contributed by atoms with van der Waals surface area (Å²) in [5, 5.41) is 2.63. The number of nitrogens with one attached hydrogen (secondary N) is 1. The molecule has 1 fully saturated rings. The van der Waals surface area contributed by atoms with Crippen molar-refractivity contribution in [2.75, 3.05) is 33.7 Å². The van der Waals surface area contributed by atoms with Gasteiger partial charge in [-0.15, -0.1) is 24.8 Å². The van der Waals surface area contributed by atoms with Crippen molar-refractivity contribution >= 4 is 36.6 Å². The Labute approximate surface area is 146 Å². The van der Waals surface area contributed by atoms with Crippen LogP contribution in [0.4, 0.5) is 0 Å². The Balaban J connectivity index is 0. The standard InChI is InChI=1S/C14H28N4O2.2ClH/c1-10(2)13(15)14(20)16-9-12(19)18-7-5-11(6-8-18)17(3)4;;/h10-11,13H,5-9,15H2,1-4H3,(H,16,20);2*1H/t13-;;/m0../s1. The van der Waals surface area contributed by atoms with Crippen LogP contribution in [-0.4, -0.2) is 67.4 Å². The van der Waals surface area contributed by atoms with E-state index in [1.165, 1.54) is 0 Å². The van der Waals surface area contributed by atoms with Crippen molar-refractivity contribution in [2.24, 2.45) is 11.7 Å². The van der Waals surface area contributed by atoms with Crippen molar-refractivity contribution in [3.63, 3.8) is 0 Å². The van der Waals surface area contributed by atoms with Crippen LogP contribution >= 0.6 is 24.8 Å². The second-order valence-electron chi connectivity index (χ2n) is 6.06. The van der Waals surface area contributed by atoms with Gasteiger partial charge in [0, 0.05) is 19.1 Å². The van der Waals surface area contributed by atoms with E-state index < -0.39 is 6.04 Å². The lowest BCUT2D eigenvalue weighted by atomic mass is 10.0. The number of likely N-dealkylation sites (tertiary alicyclic amines) is 1. The van der Waals surface area contributed by atoms with Crippen LogP contribution in [0.2, 0.25) is 0 Å². The van der Waals surface area contributed by atoms with Crippen molar-refractivity contribution in [1.82, 2.24) is 15.1 Å². The van der Waals surface area contributed by atoms with Crippen LogP contribution in [-0.2, 0) is 9.59 Å². The number of piperidine rings is 1. The SMILES string of the molecule is CC(C)[C@H](N)C(=O)NCC(=O)N1CCC(N(C)C)CC1.Cl.Cl. The predicted octanol–water partition coefficient (Wildman–Crippen LogP) is 0.482. The van der Waals surface area contributed by atoms with Crippen LogP contribution in [0.15, 0.2) is 0 Å². The van der Waals surface area contributed by atoms with E-state index >= 15 is 0 Å². The van der Waals surface area contributed by atoms with Crippen molar-refractivity contribution in [1.29, 1.82) is 0 Å². The molecule has 1 atom stereocenters. The number of amides is 2. The van der Waals surface area contributed by atoms with E-state index in [1.54, 1.807) is 0 Å². The van der Waals surface area contributed by atoms with Gasteiger partial charge in [0.15, 0.2) is 0 Å². The second-order valence-corrected chi connectivity index (χ2v) is 6.06. The van der Waals surface area contributed by atoms with Gasteiger partial charge in [0.1, 0.15) is 0 Å². The largest absolute Gasteiger partial charge is 0.346 e. The van der Waals surface area contributed by atoms with Gasteiger partial charge >= 0.3 is 0 Å². The molecule has 0 aliphatic carbocycles. The topological polar surface area (TPSA) is 78.7 Å². The highest BCUT2D eigenvalue weighted by Gasteiger charge is 2.24. The molecule has 3 N–H and O–H groups in total. The van der Waals surface area contributed by atoms with Crippen molar-refractivity contribution in [2.45, 2.75) is 38.8 Å². The van der Waals surface area contributed by atoms with Gasteiger partial charge in [-0.1, -0.05) is 13.8 Å². The van der Waals surface area contributed by atoms with Gasteiger partial charge in [0.25, 0.3) is 0 Å². The van der Waals surface area contributed by atoms with Crippen molar-refractivity contribution in [3.05, 3.63) is 0 Å². The molecule has 0 aromatic rings. The van der Waals surface area contributed by atoms with Crippen molar-refractivity contribution < 1.29 is 9.59 Å². The fraction of sp³-hybridized carbons (Fsp3) is 0.857. The maximum Gasteiger partial charge on any atom is 0.241 e. The quantitative estimate of drug-likeness (QED) is 0.750. The number of carbonyl (C=O) groups is 2. The number of hydrogen-bond acceptors (Lipinski definition) is 4. The maximum atomic E-state index is 12.0. The molecule has 1 aliphatic rings. The van der Waals surface area contributed by atoms with Gasteiger partial charge < -0.3 is 20.9 Å². The number of rotatable bonds is 5. The Kier molecular flexibility index (Phi) is 11.9. The zero-order valence-corrected chi connectivity index (χ0v) is 15.5. The van der Waals surface area contributed by atoms with Crippen LogP contribution in [0, 0.1) is 5.92 Å². The van der Waals surface area contributed by atoms with Crippen LogP contribution < -0.4 is 11.1 Å². The molecule has 132 valence electrons. The molecule has 6 nitrogen and oxygen atoms in total. The smallest absolute Gasteiger partial charge is 0.241 e. The summed E-state index contributed by atoms with van der Waals surface area (Å²) in [4.78, 5) is 27.7. The fourth-order valence-corrected chi connectivity index (χ4v) is 2.33. The fourth-order valence-electron chi connectivity index (χ4n) is 2.33. The lowest BCUT2D eigenvalue weighted by Gasteiger charge is -2.35. The van der Waals surface area contributed by atoms with Gasteiger partial charge in [-0.25, -0.2) is 0 Å². The summed E-state index contributed by atoms with van der Waals surface area (Å²) in [5.41, 5.74) is 5.73. The zero-order valence-electron chi connectivity index (χ0n) is 13.9.